The number of carbonyl (C=O) groups excluding carboxylic acids is 1. The molecule has 1 rings (SSSR count). The van der Waals surface area contributed by atoms with E-state index < -0.39 is 0 Å². The Morgan fingerprint density at radius 2 is 2.12 bits per heavy atom. The Morgan fingerprint density at radius 3 is 2.65 bits per heavy atom. The Morgan fingerprint density at radius 1 is 1.47 bits per heavy atom. The SMILES string of the molecule is CC(C)CCSCC(=O)NCC(N)C1CC1.Cl. The fraction of sp³-hybridized carbons (Fsp3) is 0.917. The summed E-state index contributed by atoms with van der Waals surface area (Å²) in [5, 5.41) is 2.91. The van der Waals surface area contributed by atoms with E-state index in [1.807, 2.05) is 0 Å². The predicted molar refractivity (Wildman–Crippen MR) is 77.7 cm³/mol. The molecule has 17 heavy (non-hydrogen) atoms. The molecule has 1 aliphatic rings. The third kappa shape index (κ3) is 8.75. The molecule has 1 fully saturated rings. The number of halogens is 1. The molecule has 0 aromatic heterocycles. The Balaban J connectivity index is 0.00000256. The molecule has 0 aliphatic heterocycles. The highest BCUT2D eigenvalue weighted by molar-refractivity contribution is 7.99. The first-order chi connectivity index (χ1) is 7.59. The molecule has 102 valence electrons. The van der Waals surface area contributed by atoms with Gasteiger partial charge in [-0.05, 0) is 36.9 Å². The maximum atomic E-state index is 11.4. The molecule has 1 aliphatic carbocycles. The van der Waals surface area contributed by atoms with E-state index in [2.05, 4.69) is 19.2 Å². The van der Waals surface area contributed by atoms with Crippen LogP contribution in [0.15, 0.2) is 0 Å². The average Bonchev–Trinajstić information content (AvgIpc) is 3.04. The molecule has 0 aromatic carbocycles. The van der Waals surface area contributed by atoms with Crippen LogP contribution in [0.4, 0.5) is 0 Å². The molecule has 0 saturated heterocycles. The fourth-order valence-corrected chi connectivity index (χ4v) is 2.53. The lowest BCUT2D eigenvalue weighted by atomic mass is 10.2. The molecule has 1 atom stereocenters. The summed E-state index contributed by atoms with van der Waals surface area (Å²) in [6, 6.07) is 0.171. The number of amides is 1. The van der Waals surface area contributed by atoms with E-state index in [0.717, 1.165) is 11.7 Å². The summed E-state index contributed by atoms with van der Waals surface area (Å²) in [6.45, 7) is 5.05. The number of nitrogens with one attached hydrogen (secondary N) is 1. The zero-order valence-corrected chi connectivity index (χ0v) is 12.4. The first-order valence-corrected chi connectivity index (χ1v) is 7.35. The van der Waals surface area contributed by atoms with Crippen LogP contribution in [-0.2, 0) is 4.79 Å². The van der Waals surface area contributed by atoms with Crippen LogP contribution in [0.2, 0.25) is 0 Å². The highest BCUT2D eigenvalue weighted by Gasteiger charge is 2.28. The van der Waals surface area contributed by atoms with Gasteiger partial charge in [-0.25, -0.2) is 0 Å². The summed E-state index contributed by atoms with van der Waals surface area (Å²) >= 11 is 1.71. The smallest absolute Gasteiger partial charge is 0.230 e. The molecule has 3 nitrogen and oxygen atoms in total. The summed E-state index contributed by atoms with van der Waals surface area (Å²) in [7, 11) is 0. The first kappa shape index (κ1) is 17.1. The van der Waals surface area contributed by atoms with Crippen molar-refractivity contribution >= 4 is 30.1 Å². The van der Waals surface area contributed by atoms with Gasteiger partial charge in [-0.1, -0.05) is 13.8 Å². The quantitative estimate of drug-likeness (QED) is 0.669. The Hall–Kier alpha value is 0.0700. The van der Waals surface area contributed by atoms with E-state index in [0.29, 0.717) is 18.2 Å². The van der Waals surface area contributed by atoms with Gasteiger partial charge in [-0.3, -0.25) is 4.79 Å². The van der Waals surface area contributed by atoms with Crippen LogP contribution in [0.1, 0.15) is 33.1 Å². The molecule has 3 N–H and O–H groups in total. The van der Waals surface area contributed by atoms with Crippen LogP contribution < -0.4 is 11.1 Å². The molecular weight excluding hydrogens is 256 g/mol. The monoisotopic (exact) mass is 280 g/mol. The Bertz CT molecular complexity index is 223. The standard InChI is InChI=1S/C12H24N2OS.ClH/c1-9(2)5-6-16-8-12(15)14-7-11(13)10-3-4-10;/h9-11H,3-8,13H2,1-2H3,(H,14,15);1H. The second-order valence-corrected chi connectivity index (χ2v) is 6.15. The molecule has 5 heteroatoms. The van der Waals surface area contributed by atoms with Gasteiger partial charge in [0.25, 0.3) is 0 Å². The van der Waals surface area contributed by atoms with E-state index >= 15 is 0 Å². The van der Waals surface area contributed by atoms with Crippen LogP contribution >= 0.6 is 24.2 Å². The molecule has 0 heterocycles. The van der Waals surface area contributed by atoms with Gasteiger partial charge in [0, 0.05) is 12.6 Å². The summed E-state index contributed by atoms with van der Waals surface area (Å²) in [5.41, 5.74) is 5.90. The van der Waals surface area contributed by atoms with E-state index in [1.165, 1.54) is 19.3 Å². The molecule has 0 spiro atoms. The van der Waals surface area contributed by atoms with Gasteiger partial charge in [0.05, 0.1) is 5.75 Å². The van der Waals surface area contributed by atoms with Crippen LogP contribution in [0.25, 0.3) is 0 Å². The highest BCUT2D eigenvalue weighted by Crippen LogP contribution is 2.31. The molecule has 0 radical (unpaired) electrons. The summed E-state index contributed by atoms with van der Waals surface area (Å²) in [5.74, 6) is 3.15. The number of nitrogens with two attached hydrogens (primary N) is 1. The predicted octanol–water partition coefficient (Wildman–Crippen LogP) is 2.04. The molecule has 0 aromatic rings. The number of rotatable bonds is 8. The van der Waals surface area contributed by atoms with Crippen molar-refractivity contribution in [1.29, 1.82) is 0 Å². The van der Waals surface area contributed by atoms with Gasteiger partial charge in [0.1, 0.15) is 0 Å². The minimum Gasteiger partial charge on any atom is -0.354 e. The van der Waals surface area contributed by atoms with Crippen molar-refractivity contribution < 1.29 is 4.79 Å². The van der Waals surface area contributed by atoms with Gasteiger partial charge in [0.15, 0.2) is 0 Å². The molecule has 1 unspecified atom stereocenters. The van der Waals surface area contributed by atoms with Gasteiger partial charge >= 0.3 is 0 Å². The van der Waals surface area contributed by atoms with Crippen LogP contribution in [-0.4, -0.2) is 30.0 Å². The van der Waals surface area contributed by atoms with E-state index in [4.69, 9.17) is 5.73 Å². The molecule has 1 amide bonds. The third-order valence-corrected chi connectivity index (χ3v) is 3.83. The lowest BCUT2D eigenvalue weighted by molar-refractivity contribution is -0.118. The van der Waals surface area contributed by atoms with Crippen molar-refractivity contribution in [1.82, 2.24) is 5.32 Å². The van der Waals surface area contributed by atoms with Crippen LogP contribution in [0.3, 0.4) is 0 Å². The lowest BCUT2D eigenvalue weighted by Gasteiger charge is -2.11. The minimum absolute atomic E-state index is 0. The summed E-state index contributed by atoms with van der Waals surface area (Å²) < 4.78 is 0. The number of hydrogen-bond acceptors (Lipinski definition) is 3. The topological polar surface area (TPSA) is 55.1 Å². The highest BCUT2D eigenvalue weighted by atomic mass is 35.5. The maximum absolute atomic E-state index is 11.4. The number of hydrogen-bond donors (Lipinski definition) is 2. The van der Waals surface area contributed by atoms with Gasteiger partial charge in [-0.15, -0.1) is 12.4 Å². The second kappa shape index (κ2) is 9.06. The van der Waals surface area contributed by atoms with Crippen LogP contribution in [0.5, 0.6) is 0 Å². The maximum Gasteiger partial charge on any atom is 0.230 e. The lowest BCUT2D eigenvalue weighted by Crippen LogP contribution is -2.39. The first-order valence-electron chi connectivity index (χ1n) is 6.19. The summed E-state index contributed by atoms with van der Waals surface area (Å²) in [4.78, 5) is 11.4. The van der Waals surface area contributed by atoms with Gasteiger partial charge < -0.3 is 11.1 Å². The van der Waals surface area contributed by atoms with Crippen molar-refractivity contribution in [3.05, 3.63) is 0 Å². The fourth-order valence-electron chi connectivity index (χ4n) is 1.46. The Kier molecular flexibility index (Phi) is 9.10. The van der Waals surface area contributed by atoms with Crippen LogP contribution in [0, 0.1) is 11.8 Å². The van der Waals surface area contributed by atoms with Crippen molar-refractivity contribution in [3.8, 4) is 0 Å². The van der Waals surface area contributed by atoms with Crippen molar-refractivity contribution in [2.75, 3.05) is 18.1 Å². The third-order valence-electron chi connectivity index (χ3n) is 2.84. The number of carbonyl (C=O) groups is 1. The number of thioether (sulfide) groups is 1. The minimum atomic E-state index is 0. The second-order valence-electron chi connectivity index (χ2n) is 5.04. The molecule has 1 saturated carbocycles. The van der Waals surface area contributed by atoms with E-state index in [-0.39, 0.29) is 24.4 Å². The van der Waals surface area contributed by atoms with Gasteiger partial charge in [0.2, 0.25) is 5.91 Å². The zero-order valence-electron chi connectivity index (χ0n) is 10.8. The average molecular weight is 281 g/mol. The van der Waals surface area contributed by atoms with Crippen molar-refractivity contribution in [2.24, 2.45) is 17.6 Å². The largest absolute Gasteiger partial charge is 0.354 e. The normalized spacial score (nSPS) is 16.5. The van der Waals surface area contributed by atoms with Crippen molar-refractivity contribution in [3.63, 3.8) is 0 Å². The van der Waals surface area contributed by atoms with E-state index in [1.54, 1.807) is 11.8 Å². The zero-order chi connectivity index (χ0) is 12.0. The molecule has 0 bridgehead atoms. The summed E-state index contributed by atoms with van der Waals surface area (Å²) in [6.07, 6.45) is 3.65. The Labute approximate surface area is 115 Å². The van der Waals surface area contributed by atoms with E-state index in [9.17, 15) is 4.79 Å². The molecular formula is C12H25ClN2OS. The van der Waals surface area contributed by atoms with Gasteiger partial charge in [-0.2, -0.15) is 11.8 Å². The van der Waals surface area contributed by atoms with Crippen molar-refractivity contribution in [2.45, 2.75) is 39.2 Å².